The Morgan fingerprint density at radius 1 is 0.762 bits per heavy atom. The number of hydrogen-bond acceptors (Lipinski definition) is 2. The van der Waals surface area contributed by atoms with Crippen LogP contribution in [0.3, 0.4) is 0 Å². The summed E-state index contributed by atoms with van der Waals surface area (Å²) in [5, 5.41) is 20.7. The van der Waals surface area contributed by atoms with E-state index in [-0.39, 0.29) is 0 Å². The fourth-order valence-corrected chi connectivity index (χ4v) is 2.87. The van der Waals surface area contributed by atoms with E-state index in [1.54, 1.807) is 0 Å². The van der Waals surface area contributed by atoms with Crippen LogP contribution in [0.15, 0.2) is 24.3 Å². The molecule has 0 aromatic heterocycles. The van der Waals surface area contributed by atoms with Crippen molar-refractivity contribution in [2.45, 2.75) is 47.0 Å². The van der Waals surface area contributed by atoms with E-state index in [4.69, 9.17) is 0 Å². The zero-order valence-electron chi connectivity index (χ0n) is 13.3. The summed E-state index contributed by atoms with van der Waals surface area (Å²) in [6.45, 7) is 8.11. The number of rotatable bonds is 4. The van der Waals surface area contributed by atoms with Gasteiger partial charge in [0.25, 0.3) is 0 Å². The lowest BCUT2D eigenvalue weighted by molar-refractivity contribution is 0.457. The SMILES string of the molecule is CCc1ccc(Cc2cc(C)cc(CC)c2O)c(O)c1C. The van der Waals surface area contributed by atoms with E-state index in [0.717, 1.165) is 40.7 Å². The van der Waals surface area contributed by atoms with Gasteiger partial charge in [0, 0.05) is 6.42 Å². The average Bonchev–Trinajstić information content (AvgIpc) is 2.47. The molecule has 0 fully saturated rings. The van der Waals surface area contributed by atoms with Crippen molar-refractivity contribution in [1.82, 2.24) is 0 Å². The maximum absolute atomic E-state index is 10.4. The summed E-state index contributed by atoms with van der Waals surface area (Å²) < 4.78 is 0. The third-order valence-electron chi connectivity index (χ3n) is 4.18. The minimum atomic E-state index is 0.355. The van der Waals surface area contributed by atoms with Crippen LogP contribution in [0, 0.1) is 13.8 Å². The Balaban J connectivity index is 2.43. The molecule has 2 nitrogen and oxygen atoms in total. The molecule has 0 unspecified atom stereocenters. The second kappa shape index (κ2) is 6.21. The summed E-state index contributed by atoms with van der Waals surface area (Å²) in [5.41, 5.74) is 5.96. The summed E-state index contributed by atoms with van der Waals surface area (Å²) in [4.78, 5) is 0. The molecule has 112 valence electrons. The maximum Gasteiger partial charge on any atom is 0.122 e. The zero-order chi connectivity index (χ0) is 15.6. The van der Waals surface area contributed by atoms with Gasteiger partial charge in [-0.15, -0.1) is 0 Å². The summed E-state index contributed by atoms with van der Waals surface area (Å²) in [6.07, 6.45) is 2.27. The average molecular weight is 284 g/mol. The first-order valence-electron chi connectivity index (χ1n) is 7.59. The van der Waals surface area contributed by atoms with Crippen LogP contribution in [-0.4, -0.2) is 10.2 Å². The molecule has 2 rings (SSSR count). The highest BCUT2D eigenvalue weighted by molar-refractivity contribution is 5.50. The number of aromatic hydroxyl groups is 2. The van der Waals surface area contributed by atoms with E-state index in [0.29, 0.717) is 17.9 Å². The number of phenolic OH excluding ortho intramolecular Hbond substituents is 2. The molecule has 0 atom stereocenters. The molecule has 2 heteroatoms. The molecule has 2 N–H and O–H groups in total. The third kappa shape index (κ3) is 3.05. The van der Waals surface area contributed by atoms with E-state index in [2.05, 4.69) is 13.0 Å². The summed E-state index contributed by atoms with van der Waals surface area (Å²) >= 11 is 0. The lowest BCUT2D eigenvalue weighted by atomic mass is 9.94. The molecular formula is C19H24O2. The third-order valence-corrected chi connectivity index (χ3v) is 4.18. The monoisotopic (exact) mass is 284 g/mol. The molecule has 0 saturated carbocycles. The van der Waals surface area contributed by atoms with Crippen molar-refractivity contribution >= 4 is 0 Å². The normalized spacial score (nSPS) is 10.9. The van der Waals surface area contributed by atoms with Crippen LogP contribution in [0.5, 0.6) is 11.5 Å². The minimum absolute atomic E-state index is 0.355. The summed E-state index contributed by atoms with van der Waals surface area (Å²) in [5.74, 6) is 0.716. The van der Waals surface area contributed by atoms with Gasteiger partial charge in [0.2, 0.25) is 0 Å². The highest BCUT2D eigenvalue weighted by Gasteiger charge is 2.13. The van der Waals surface area contributed by atoms with Gasteiger partial charge in [-0.25, -0.2) is 0 Å². The van der Waals surface area contributed by atoms with Crippen LogP contribution in [0.1, 0.15) is 47.2 Å². The quantitative estimate of drug-likeness (QED) is 0.872. The Labute approximate surface area is 127 Å². The van der Waals surface area contributed by atoms with Crippen molar-refractivity contribution in [1.29, 1.82) is 0 Å². The van der Waals surface area contributed by atoms with Gasteiger partial charge >= 0.3 is 0 Å². The molecule has 0 amide bonds. The van der Waals surface area contributed by atoms with Gasteiger partial charge in [0.05, 0.1) is 0 Å². The molecule has 0 aliphatic rings. The maximum atomic E-state index is 10.4. The fourth-order valence-electron chi connectivity index (χ4n) is 2.87. The first kappa shape index (κ1) is 15.4. The standard InChI is InChI=1S/C19H24O2/c1-5-14-7-8-16(18(20)13(14)4)11-17-10-12(3)9-15(6-2)19(17)21/h7-10,20-21H,5-6,11H2,1-4H3. The lowest BCUT2D eigenvalue weighted by Crippen LogP contribution is -1.97. The number of aryl methyl sites for hydroxylation is 3. The van der Waals surface area contributed by atoms with Crippen molar-refractivity contribution < 1.29 is 10.2 Å². The molecule has 0 aliphatic heterocycles. The molecule has 0 aliphatic carbocycles. The second-order valence-electron chi connectivity index (χ2n) is 5.67. The van der Waals surface area contributed by atoms with Gasteiger partial charge in [-0.2, -0.15) is 0 Å². The van der Waals surface area contributed by atoms with Gasteiger partial charge in [0.15, 0.2) is 0 Å². The highest BCUT2D eigenvalue weighted by Crippen LogP contribution is 2.32. The molecule has 21 heavy (non-hydrogen) atoms. The zero-order valence-corrected chi connectivity index (χ0v) is 13.3. The van der Waals surface area contributed by atoms with Crippen molar-refractivity contribution in [2.24, 2.45) is 0 Å². The smallest absolute Gasteiger partial charge is 0.122 e. The van der Waals surface area contributed by atoms with Crippen LogP contribution >= 0.6 is 0 Å². The van der Waals surface area contributed by atoms with Crippen molar-refractivity contribution in [3.05, 3.63) is 57.6 Å². The van der Waals surface area contributed by atoms with Gasteiger partial charge in [-0.1, -0.05) is 43.7 Å². The molecule has 0 heterocycles. The molecule has 2 aromatic carbocycles. The van der Waals surface area contributed by atoms with E-state index in [1.807, 2.05) is 39.0 Å². The van der Waals surface area contributed by atoms with E-state index in [1.165, 1.54) is 5.56 Å². The van der Waals surface area contributed by atoms with Gasteiger partial charge in [-0.3, -0.25) is 0 Å². The van der Waals surface area contributed by atoms with Crippen molar-refractivity contribution in [2.75, 3.05) is 0 Å². The van der Waals surface area contributed by atoms with Crippen LogP contribution in [0.25, 0.3) is 0 Å². The van der Waals surface area contributed by atoms with Crippen LogP contribution in [0.4, 0.5) is 0 Å². The molecular weight excluding hydrogens is 260 g/mol. The second-order valence-corrected chi connectivity index (χ2v) is 5.67. The number of phenols is 2. The Morgan fingerprint density at radius 3 is 1.95 bits per heavy atom. The molecule has 2 aromatic rings. The largest absolute Gasteiger partial charge is 0.507 e. The fraction of sp³-hybridized carbons (Fsp3) is 0.368. The number of hydrogen-bond donors (Lipinski definition) is 2. The Morgan fingerprint density at radius 2 is 1.33 bits per heavy atom. The summed E-state index contributed by atoms with van der Waals surface area (Å²) in [7, 11) is 0. The van der Waals surface area contributed by atoms with E-state index in [9.17, 15) is 10.2 Å². The first-order chi connectivity index (χ1) is 9.97. The highest BCUT2D eigenvalue weighted by atomic mass is 16.3. The summed E-state index contributed by atoms with van der Waals surface area (Å²) in [6, 6.07) is 8.05. The van der Waals surface area contributed by atoms with Crippen molar-refractivity contribution in [3.8, 4) is 11.5 Å². The minimum Gasteiger partial charge on any atom is -0.507 e. The topological polar surface area (TPSA) is 40.5 Å². The Kier molecular flexibility index (Phi) is 4.56. The molecule has 0 radical (unpaired) electrons. The lowest BCUT2D eigenvalue weighted by Gasteiger charge is -2.14. The van der Waals surface area contributed by atoms with Gasteiger partial charge in [-0.05, 0) is 54.5 Å². The molecule has 0 spiro atoms. The van der Waals surface area contributed by atoms with Crippen LogP contribution < -0.4 is 0 Å². The first-order valence-corrected chi connectivity index (χ1v) is 7.59. The Bertz CT molecular complexity index is 657. The molecule has 0 saturated heterocycles. The predicted molar refractivity (Wildman–Crippen MR) is 87.2 cm³/mol. The van der Waals surface area contributed by atoms with Gasteiger partial charge in [0.1, 0.15) is 11.5 Å². The number of benzene rings is 2. The molecule has 0 bridgehead atoms. The van der Waals surface area contributed by atoms with E-state index >= 15 is 0 Å². The van der Waals surface area contributed by atoms with Crippen LogP contribution in [-0.2, 0) is 19.3 Å². The van der Waals surface area contributed by atoms with E-state index < -0.39 is 0 Å². The van der Waals surface area contributed by atoms with Gasteiger partial charge < -0.3 is 10.2 Å². The van der Waals surface area contributed by atoms with Crippen LogP contribution in [0.2, 0.25) is 0 Å². The predicted octanol–water partition coefficient (Wildman–Crippen LogP) is 4.43. The Hall–Kier alpha value is -1.96. The van der Waals surface area contributed by atoms with Crippen molar-refractivity contribution in [3.63, 3.8) is 0 Å².